The summed E-state index contributed by atoms with van der Waals surface area (Å²) in [5.41, 5.74) is 6.32. The standard InChI is InChI=1S/C18H21F2N5O/c19-15-4-5-17(20)14(8-15)3-6-18(26)24-7-1-2-13(10-24)11-25-12-16(9-21)22-23-25/h3-6,8,12-13H,1-2,7,9-11,21H2/b6-3+/t13-/m0/s1. The maximum atomic E-state index is 13.6. The summed E-state index contributed by atoms with van der Waals surface area (Å²) < 4.78 is 28.6. The van der Waals surface area contributed by atoms with Crippen LogP contribution in [0.15, 0.2) is 30.5 Å². The fourth-order valence-corrected chi connectivity index (χ4v) is 3.11. The van der Waals surface area contributed by atoms with Gasteiger partial charge in [0.2, 0.25) is 5.91 Å². The zero-order valence-corrected chi connectivity index (χ0v) is 14.3. The maximum absolute atomic E-state index is 13.6. The Hall–Kier alpha value is -2.61. The van der Waals surface area contributed by atoms with Gasteiger partial charge in [0.25, 0.3) is 0 Å². The Morgan fingerprint density at radius 2 is 2.23 bits per heavy atom. The number of piperidine rings is 1. The molecule has 1 aromatic heterocycles. The second-order valence-electron chi connectivity index (χ2n) is 6.43. The summed E-state index contributed by atoms with van der Waals surface area (Å²) in [4.78, 5) is 14.1. The minimum Gasteiger partial charge on any atom is -0.339 e. The van der Waals surface area contributed by atoms with Gasteiger partial charge in [0, 0.05) is 44.0 Å². The number of likely N-dealkylation sites (tertiary alicyclic amines) is 1. The molecule has 0 bridgehead atoms. The lowest BCUT2D eigenvalue weighted by atomic mass is 9.98. The van der Waals surface area contributed by atoms with E-state index in [-0.39, 0.29) is 17.4 Å². The Balaban J connectivity index is 1.60. The van der Waals surface area contributed by atoms with Crippen molar-refractivity contribution >= 4 is 12.0 Å². The van der Waals surface area contributed by atoms with Crippen molar-refractivity contribution in [3.05, 3.63) is 53.4 Å². The number of carbonyl (C=O) groups is 1. The molecule has 0 saturated carbocycles. The summed E-state index contributed by atoms with van der Waals surface area (Å²) in [6.07, 6.45) is 6.30. The fourth-order valence-electron chi connectivity index (χ4n) is 3.11. The third-order valence-corrected chi connectivity index (χ3v) is 4.43. The first kappa shape index (κ1) is 18.2. The van der Waals surface area contributed by atoms with Crippen molar-refractivity contribution in [1.29, 1.82) is 0 Å². The highest BCUT2D eigenvalue weighted by Gasteiger charge is 2.23. The Morgan fingerprint density at radius 1 is 1.38 bits per heavy atom. The molecule has 0 spiro atoms. The van der Waals surface area contributed by atoms with Crippen molar-refractivity contribution in [2.45, 2.75) is 25.9 Å². The molecule has 26 heavy (non-hydrogen) atoms. The second-order valence-corrected chi connectivity index (χ2v) is 6.43. The SMILES string of the molecule is NCc1cn(C[C@H]2CCCN(C(=O)/C=C/c3cc(F)ccc3F)C2)nn1. The Bertz CT molecular complexity index is 805. The van der Waals surface area contributed by atoms with Crippen LogP contribution in [0.2, 0.25) is 0 Å². The van der Waals surface area contributed by atoms with E-state index in [1.54, 1.807) is 9.58 Å². The third-order valence-electron chi connectivity index (χ3n) is 4.43. The molecule has 1 aliphatic rings. The van der Waals surface area contributed by atoms with E-state index in [2.05, 4.69) is 10.3 Å². The van der Waals surface area contributed by atoms with E-state index in [0.29, 0.717) is 26.2 Å². The van der Waals surface area contributed by atoms with Crippen LogP contribution in [0.25, 0.3) is 6.08 Å². The number of nitrogens with two attached hydrogens (primary N) is 1. The molecule has 2 aromatic rings. The van der Waals surface area contributed by atoms with Crippen LogP contribution in [0.1, 0.15) is 24.1 Å². The van der Waals surface area contributed by atoms with Crippen LogP contribution < -0.4 is 5.73 Å². The topological polar surface area (TPSA) is 77.0 Å². The number of aromatic nitrogens is 3. The van der Waals surface area contributed by atoms with Crippen molar-refractivity contribution < 1.29 is 13.6 Å². The molecule has 1 atom stereocenters. The molecule has 0 unspecified atom stereocenters. The summed E-state index contributed by atoms with van der Waals surface area (Å²) in [7, 11) is 0. The Kier molecular flexibility index (Phi) is 5.72. The number of benzene rings is 1. The largest absolute Gasteiger partial charge is 0.339 e. The first-order valence-electron chi connectivity index (χ1n) is 8.56. The van der Waals surface area contributed by atoms with Crippen LogP contribution in [-0.4, -0.2) is 38.9 Å². The van der Waals surface area contributed by atoms with Crippen LogP contribution in [-0.2, 0) is 17.9 Å². The maximum Gasteiger partial charge on any atom is 0.246 e. The Labute approximate surface area is 150 Å². The van der Waals surface area contributed by atoms with Gasteiger partial charge in [-0.15, -0.1) is 5.10 Å². The highest BCUT2D eigenvalue weighted by atomic mass is 19.1. The average Bonchev–Trinajstić information content (AvgIpc) is 3.10. The molecule has 0 radical (unpaired) electrons. The van der Waals surface area contributed by atoms with Gasteiger partial charge in [-0.25, -0.2) is 8.78 Å². The van der Waals surface area contributed by atoms with Gasteiger partial charge < -0.3 is 10.6 Å². The van der Waals surface area contributed by atoms with E-state index in [9.17, 15) is 13.6 Å². The minimum absolute atomic E-state index is 0.0591. The smallest absolute Gasteiger partial charge is 0.246 e. The molecular weight excluding hydrogens is 340 g/mol. The number of carbonyl (C=O) groups excluding carboxylic acids is 1. The van der Waals surface area contributed by atoms with Crippen LogP contribution in [0.3, 0.4) is 0 Å². The van der Waals surface area contributed by atoms with Crippen LogP contribution >= 0.6 is 0 Å². The zero-order chi connectivity index (χ0) is 18.5. The first-order chi connectivity index (χ1) is 12.5. The molecule has 138 valence electrons. The normalized spacial score (nSPS) is 17.8. The van der Waals surface area contributed by atoms with Gasteiger partial charge in [0.05, 0.1) is 5.69 Å². The van der Waals surface area contributed by atoms with Gasteiger partial charge in [-0.05, 0) is 43.0 Å². The summed E-state index contributed by atoms with van der Waals surface area (Å²) in [5, 5.41) is 8.00. The van der Waals surface area contributed by atoms with Gasteiger partial charge in [-0.3, -0.25) is 9.48 Å². The van der Waals surface area contributed by atoms with Crippen LogP contribution in [0.4, 0.5) is 8.78 Å². The van der Waals surface area contributed by atoms with Crippen molar-refractivity contribution in [3.8, 4) is 0 Å². The molecule has 1 aromatic carbocycles. The molecule has 1 saturated heterocycles. The van der Waals surface area contributed by atoms with Gasteiger partial charge >= 0.3 is 0 Å². The summed E-state index contributed by atoms with van der Waals surface area (Å²) in [6.45, 7) is 2.25. The van der Waals surface area contributed by atoms with E-state index in [1.807, 2.05) is 6.20 Å². The van der Waals surface area contributed by atoms with E-state index in [4.69, 9.17) is 5.73 Å². The molecule has 1 aliphatic heterocycles. The predicted octanol–water partition coefficient (Wildman–Crippen LogP) is 1.97. The number of hydrogen-bond acceptors (Lipinski definition) is 4. The summed E-state index contributed by atoms with van der Waals surface area (Å²) >= 11 is 0. The van der Waals surface area contributed by atoms with Gasteiger partial charge in [-0.2, -0.15) is 0 Å². The van der Waals surface area contributed by atoms with Gasteiger partial charge in [-0.1, -0.05) is 5.21 Å². The van der Waals surface area contributed by atoms with Crippen molar-refractivity contribution in [3.63, 3.8) is 0 Å². The second kappa shape index (κ2) is 8.18. The monoisotopic (exact) mass is 361 g/mol. The molecule has 3 rings (SSSR count). The lowest BCUT2D eigenvalue weighted by molar-refractivity contribution is -0.127. The summed E-state index contributed by atoms with van der Waals surface area (Å²) in [5.74, 6) is -1.05. The fraction of sp³-hybridized carbons (Fsp3) is 0.389. The van der Waals surface area contributed by atoms with E-state index >= 15 is 0 Å². The zero-order valence-electron chi connectivity index (χ0n) is 14.3. The molecule has 6 nitrogen and oxygen atoms in total. The minimum atomic E-state index is -0.561. The van der Waals surface area contributed by atoms with Crippen molar-refractivity contribution in [2.24, 2.45) is 11.7 Å². The number of amides is 1. The lowest BCUT2D eigenvalue weighted by Crippen LogP contribution is -2.40. The molecule has 8 heteroatoms. The van der Waals surface area contributed by atoms with Gasteiger partial charge in [0.1, 0.15) is 11.6 Å². The van der Waals surface area contributed by atoms with Crippen LogP contribution in [0.5, 0.6) is 0 Å². The summed E-state index contributed by atoms with van der Waals surface area (Å²) in [6, 6.07) is 3.16. The first-order valence-corrected chi connectivity index (χ1v) is 8.56. The van der Waals surface area contributed by atoms with E-state index < -0.39 is 11.6 Å². The lowest BCUT2D eigenvalue weighted by Gasteiger charge is -2.32. The molecule has 0 aliphatic carbocycles. The number of nitrogens with zero attached hydrogens (tertiary/aromatic N) is 4. The highest BCUT2D eigenvalue weighted by Crippen LogP contribution is 2.19. The predicted molar refractivity (Wildman–Crippen MR) is 92.6 cm³/mol. The van der Waals surface area contributed by atoms with Crippen molar-refractivity contribution in [2.75, 3.05) is 13.1 Å². The number of halogens is 2. The van der Waals surface area contributed by atoms with E-state index in [0.717, 1.165) is 36.7 Å². The van der Waals surface area contributed by atoms with Gasteiger partial charge in [0.15, 0.2) is 0 Å². The van der Waals surface area contributed by atoms with Crippen molar-refractivity contribution in [1.82, 2.24) is 19.9 Å². The molecule has 1 fully saturated rings. The molecule has 2 N–H and O–H groups in total. The average molecular weight is 361 g/mol. The highest BCUT2D eigenvalue weighted by molar-refractivity contribution is 5.91. The molecular formula is C18H21F2N5O. The third kappa shape index (κ3) is 4.51. The quantitative estimate of drug-likeness (QED) is 0.826. The number of rotatable bonds is 5. The number of hydrogen-bond donors (Lipinski definition) is 1. The Morgan fingerprint density at radius 3 is 3.00 bits per heavy atom. The van der Waals surface area contributed by atoms with Crippen LogP contribution in [0, 0.1) is 17.6 Å². The molecule has 1 amide bonds. The molecule has 2 heterocycles. The van der Waals surface area contributed by atoms with E-state index in [1.165, 1.54) is 12.2 Å².